The summed E-state index contributed by atoms with van der Waals surface area (Å²) in [4.78, 5) is 42.8. The molecule has 1 atom stereocenters. The fourth-order valence-corrected chi connectivity index (χ4v) is 6.56. The van der Waals surface area contributed by atoms with E-state index in [0.29, 0.717) is 46.6 Å². The van der Waals surface area contributed by atoms with E-state index >= 15 is 0 Å². The number of carbonyl (C=O) groups excluding carboxylic acids is 2. The molecule has 1 aliphatic rings. The van der Waals surface area contributed by atoms with E-state index in [1.54, 1.807) is 29.5 Å². The van der Waals surface area contributed by atoms with Crippen LogP contribution in [0.2, 0.25) is 5.02 Å². The molecule has 4 aromatic rings. The largest absolute Gasteiger partial charge is 0.495 e. The van der Waals surface area contributed by atoms with E-state index in [2.05, 4.69) is 51.8 Å². The molecule has 248 valence electrons. The van der Waals surface area contributed by atoms with Gasteiger partial charge in [0.05, 0.1) is 31.4 Å². The van der Waals surface area contributed by atoms with Crippen molar-refractivity contribution in [2.75, 3.05) is 25.5 Å². The highest BCUT2D eigenvalue weighted by Gasteiger charge is 2.32. The number of rotatable bonds is 10. The van der Waals surface area contributed by atoms with Gasteiger partial charge in [-0.05, 0) is 63.1 Å². The number of carbonyl (C=O) groups is 3. The number of amides is 3. The highest BCUT2D eigenvalue weighted by molar-refractivity contribution is 7.15. The lowest BCUT2D eigenvalue weighted by molar-refractivity contribution is -0.122. The molecule has 0 radical (unpaired) electrons. The molecule has 12 nitrogen and oxygen atoms in total. The summed E-state index contributed by atoms with van der Waals surface area (Å²) in [7, 11) is 1.50. The first-order valence-electron chi connectivity index (χ1n) is 15.1. The summed E-state index contributed by atoms with van der Waals surface area (Å²) in [6.07, 6.45) is -0.538. The number of hydrogen-bond acceptors (Lipinski definition) is 8. The van der Waals surface area contributed by atoms with Crippen molar-refractivity contribution in [3.05, 3.63) is 86.3 Å². The van der Waals surface area contributed by atoms with Crippen molar-refractivity contribution < 1.29 is 24.2 Å². The van der Waals surface area contributed by atoms with Crippen LogP contribution < -0.4 is 20.7 Å². The molecule has 5 rings (SSSR count). The van der Waals surface area contributed by atoms with E-state index in [4.69, 9.17) is 26.4 Å². The number of nitrogens with zero attached hydrogens (tertiary/aromatic N) is 4. The molecule has 0 aliphatic carbocycles. The first kappa shape index (κ1) is 34.2. The van der Waals surface area contributed by atoms with Crippen molar-refractivity contribution in [2.45, 2.75) is 46.1 Å². The second-order valence-corrected chi connectivity index (χ2v) is 12.6. The zero-order chi connectivity index (χ0) is 34.4. The number of aromatic nitrogens is 3. The third kappa shape index (κ3) is 7.84. The third-order valence-corrected chi connectivity index (χ3v) is 9.12. The Hall–Kier alpha value is -5.19. The lowest BCUT2D eigenvalue weighted by atomic mass is 9.99. The number of thiophene rings is 1. The average molecular weight is 688 g/mol. The maximum absolute atomic E-state index is 13.2. The Morgan fingerprint density at radius 1 is 1.06 bits per heavy atom. The summed E-state index contributed by atoms with van der Waals surface area (Å²) in [6, 6.07) is 11.9. The van der Waals surface area contributed by atoms with E-state index in [-0.39, 0.29) is 31.2 Å². The molecule has 0 fully saturated rings. The number of methoxy groups -OCH3 is 1. The predicted octanol–water partition coefficient (Wildman–Crippen LogP) is 5.35. The van der Waals surface area contributed by atoms with Gasteiger partial charge in [0.2, 0.25) is 11.8 Å². The van der Waals surface area contributed by atoms with E-state index in [9.17, 15) is 14.4 Å². The summed E-state index contributed by atoms with van der Waals surface area (Å²) < 4.78 is 7.31. The molecule has 14 heteroatoms. The lowest BCUT2D eigenvalue weighted by Gasteiger charge is -2.13. The molecule has 4 N–H and O–H groups in total. The minimum absolute atomic E-state index is 0.0477. The zero-order valence-electron chi connectivity index (χ0n) is 26.8. The number of benzene rings is 2. The van der Waals surface area contributed by atoms with Gasteiger partial charge in [-0.25, -0.2) is 4.79 Å². The van der Waals surface area contributed by atoms with Gasteiger partial charge in [0.1, 0.15) is 22.6 Å². The topological polar surface area (TPSA) is 160 Å². The van der Waals surface area contributed by atoms with Gasteiger partial charge >= 0.3 is 6.09 Å². The highest BCUT2D eigenvalue weighted by atomic mass is 35.5. The molecule has 3 heterocycles. The van der Waals surface area contributed by atoms with Crippen molar-refractivity contribution in [1.82, 2.24) is 25.4 Å². The fraction of sp³-hybridized carbons (Fsp3) is 0.294. The van der Waals surface area contributed by atoms with Crippen LogP contribution in [-0.2, 0) is 9.59 Å². The zero-order valence-corrected chi connectivity index (χ0v) is 28.4. The molecule has 0 spiro atoms. The van der Waals surface area contributed by atoms with Gasteiger partial charge in [0.25, 0.3) is 0 Å². The number of fused-ring (bicyclic) bond motifs is 3. The molecule has 0 saturated heterocycles. The normalized spacial score (nSPS) is 13.2. The van der Waals surface area contributed by atoms with Crippen LogP contribution in [0.4, 0.5) is 10.5 Å². The molecular weight excluding hydrogens is 654 g/mol. The van der Waals surface area contributed by atoms with Crippen LogP contribution in [0.25, 0.3) is 5.00 Å². The molecule has 0 unspecified atom stereocenters. The van der Waals surface area contributed by atoms with Crippen LogP contribution in [0.3, 0.4) is 0 Å². The Kier molecular flexibility index (Phi) is 10.8. The SMILES string of the molecule is COc1ccc(NC(=O)CCCNC(=O)C[C@@H]2N=C(c3ccc(Cl)cc3)c3c(sc(C)c3C)-n3c(C)nnc32)cc1C#CCNC(=O)O. The predicted molar refractivity (Wildman–Crippen MR) is 185 cm³/mol. The van der Waals surface area contributed by atoms with Crippen LogP contribution in [0.1, 0.15) is 64.1 Å². The summed E-state index contributed by atoms with van der Waals surface area (Å²) in [5.41, 5.74) is 4.78. The van der Waals surface area contributed by atoms with Crippen LogP contribution in [-0.4, -0.2) is 63.7 Å². The molecule has 0 bridgehead atoms. The highest BCUT2D eigenvalue weighted by Crippen LogP contribution is 2.39. The number of ether oxygens (including phenoxy) is 1. The van der Waals surface area contributed by atoms with Gasteiger partial charge in [-0.3, -0.25) is 19.1 Å². The van der Waals surface area contributed by atoms with Gasteiger partial charge in [-0.1, -0.05) is 35.6 Å². The quantitative estimate of drug-likeness (QED) is 0.129. The number of nitrogens with one attached hydrogen (secondary N) is 3. The van der Waals surface area contributed by atoms with Gasteiger partial charge in [0.15, 0.2) is 5.82 Å². The maximum Gasteiger partial charge on any atom is 0.405 e. The van der Waals surface area contributed by atoms with Crippen molar-refractivity contribution in [3.8, 4) is 22.6 Å². The Bertz CT molecular complexity index is 1960. The third-order valence-electron chi connectivity index (χ3n) is 7.67. The van der Waals surface area contributed by atoms with E-state index in [0.717, 1.165) is 32.3 Å². The van der Waals surface area contributed by atoms with E-state index in [1.165, 1.54) is 7.11 Å². The minimum atomic E-state index is -1.17. The number of halogens is 1. The van der Waals surface area contributed by atoms with E-state index < -0.39 is 12.1 Å². The molecule has 2 aromatic carbocycles. The number of aryl methyl sites for hydroxylation is 2. The molecular formula is C34H34ClN7O5S. The number of carboxylic acid groups (broad SMARTS) is 1. The van der Waals surface area contributed by atoms with E-state index in [1.807, 2.05) is 35.8 Å². The number of hydrogen-bond donors (Lipinski definition) is 4. The average Bonchev–Trinajstić information content (AvgIpc) is 3.53. The van der Waals surface area contributed by atoms with Crippen LogP contribution in [0.15, 0.2) is 47.5 Å². The Labute approximate surface area is 286 Å². The first-order valence-corrected chi connectivity index (χ1v) is 16.3. The second kappa shape index (κ2) is 15.1. The van der Waals surface area contributed by atoms with Gasteiger partial charge in [0, 0.05) is 39.7 Å². The summed E-state index contributed by atoms with van der Waals surface area (Å²) in [5, 5.41) is 27.0. The van der Waals surface area contributed by atoms with Crippen LogP contribution in [0, 0.1) is 32.6 Å². The van der Waals surface area contributed by atoms with Crippen molar-refractivity contribution in [3.63, 3.8) is 0 Å². The Morgan fingerprint density at radius 3 is 2.56 bits per heavy atom. The Morgan fingerprint density at radius 2 is 1.83 bits per heavy atom. The van der Waals surface area contributed by atoms with Crippen molar-refractivity contribution in [2.24, 2.45) is 4.99 Å². The van der Waals surface area contributed by atoms with Gasteiger partial charge < -0.3 is 25.8 Å². The molecule has 48 heavy (non-hydrogen) atoms. The lowest BCUT2D eigenvalue weighted by Crippen LogP contribution is -2.27. The summed E-state index contributed by atoms with van der Waals surface area (Å²) in [6.45, 7) is 6.28. The first-order chi connectivity index (χ1) is 23.0. The van der Waals surface area contributed by atoms with Crippen LogP contribution in [0.5, 0.6) is 5.75 Å². The summed E-state index contributed by atoms with van der Waals surface area (Å²) in [5.74, 6) is 6.89. The van der Waals surface area contributed by atoms with Crippen molar-refractivity contribution >= 4 is 52.2 Å². The maximum atomic E-state index is 13.2. The van der Waals surface area contributed by atoms with Gasteiger partial charge in [-0.2, -0.15) is 0 Å². The summed E-state index contributed by atoms with van der Waals surface area (Å²) >= 11 is 7.84. The molecule has 2 aromatic heterocycles. The van der Waals surface area contributed by atoms with Crippen LogP contribution >= 0.6 is 22.9 Å². The molecule has 3 amide bonds. The van der Waals surface area contributed by atoms with Gasteiger partial charge in [-0.15, -0.1) is 21.5 Å². The number of aliphatic imine (C=N–C) groups is 1. The monoisotopic (exact) mass is 687 g/mol. The minimum Gasteiger partial charge on any atom is -0.495 e. The standard InChI is InChI=1S/C34H34ClN7O5S/c1-19-20(2)48-33-30(19)31(22-9-11-24(35)12-10-22)39-26(32-41-40-21(3)42(32)33)18-29(44)36-15-6-8-28(43)38-25-13-14-27(47-4)23(17-25)7-5-16-37-34(45)46/h9-14,17,26,37H,6,8,15-16,18H2,1-4H3,(H,36,44)(H,38,43)(H,45,46)/t26-/m0/s1. The molecule has 0 saturated carbocycles. The smallest absolute Gasteiger partial charge is 0.405 e. The second-order valence-electron chi connectivity index (χ2n) is 11.0. The fourth-order valence-electron chi connectivity index (χ4n) is 5.22. The molecule has 1 aliphatic heterocycles. The van der Waals surface area contributed by atoms with Crippen molar-refractivity contribution in [1.29, 1.82) is 0 Å². The number of anilines is 1. The Balaban J connectivity index is 1.23.